The van der Waals surface area contributed by atoms with E-state index in [2.05, 4.69) is 10.6 Å². The van der Waals surface area contributed by atoms with Gasteiger partial charge >= 0.3 is 13.6 Å². The van der Waals surface area contributed by atoms with E-state index >= 15 is 0 Å². The summed E-state index contributed by atoms with van der Waals surface area (Å²) in [5.41, 5.74) is 0. The van der Waals surface area contributed by atoms with Crippen molar-refractivity contribution in [2.24, 2.45) is 0 Å². The molecule has 0 heterocycles. The standard InChI is InChI=1S/C5H12N3O5P/c1-3(4(9)10)8-5(6)7-2-14(11,12)13/h3H,2H2,1H3,(H,9,10)(H3,6,7,8)(H2,11,12,13). The number of hydrogen-bond acceptors (Lipinski definition) is 3. The molecule has 0 bridgehead atoms. The van der Waals surface area contributed by atoms with Crippen LogP contribution in [0.5, 0.6) is 0 Å². The van der Waals surface area contributed by atoms with E-state index in [1.165, 1.54) is 6.92 Å². The molecule has 6 N–H and O–H groups in total. The number of carboxylic acids is 1. The lowest BCUT2D eigenvalue weighted by Crippen LogP contribution is -2.45. The van der Waals surface area contributed by atoms with Gasteiger partial charge in [-0.15, -0.1) is 0 Å². The van der Waals surface area contributed by atoms with Crippen molar-refractivity contribution in [2.45, 2.75) is 13.0 Å². The largest absolute Gasteiger partial charge is 0.480 e. The van der Waals surface area contributed by atoms with E-state index in [9.17, 15) is 9.36 Å². The van der Waals surface area contributed by atoms with Crippen LogP contribution in [0.25, 0.3) is 0 Å². The highest BCUT2D eigenvalue weighted by molar-refractivity contribution is 7.51. The monoisotopic (exact) mass is 225 g/mol. The quantitative estimate of drug-likeness (QED) is 0.198. The molecule has 9 heteroatoms. The lowest BCUT2D eigenvalue weighted by Gasteiger charge is -2.13. The maximum Gasteiger partial charge on any atom is 0.344 e. The molecule has 0 aliphatic carbocycles. The van der Waals surface area contributed by atoms with E-state index in [0.29, 0.717) is 0 Å². The van der Waals surface area contributed by atoms with Gasteiger partial charge in [-0.1, -0.05) is 0 Å². The fourth-order valence-corrected chi connectivity index (χ4v) is 0.875. The van der Waals surface area contributed by atoms with Crippen LogP contribution in [0.4, 0.5) is 0 Å². The van der Waals surface area contributed by atoms with Crippen LogP contribution in [-0.2, 0) is 9.36 Å². The fraction of sp³-hybridized carbons (Fsp3) is 0.600. The van der Waals surface area contributed by atoms with Gasteiger partial charge in [-0.2, -0.15) is 0 Å². The number of guanidine groups is 1. The Hall–Kier alpha value is -1.11. The van der Waals surface area contributed by atoms with Gasteiger partial charge in [-0.25, -0.2) is 0 Å². The van der Waals surface area contributed by atoms with Crippen molar-refractivity contribution in [3.63, 3.8) is 0 Å². The van der Waals surface area contributed by atoms with E-state index in [1.54, 1.807) is 0 Å². The van der Waals surface area contributed by atoms with E-state index in [1.807, 2.05) is 0 Å². The molecule has 0 aromatic heterocycles. The molecule has 0 amide bonds. The Kier molecular flexibility index (Phi) is 4.55. The Labute approximate surface area is 80.0 Å². The highest BCUT2D eigenvalue weighted by Crippen LogP contribution is 2.31. The van der Waals surface area contributed by atoms with E-state index in [-0.39, 0.29) is 0 Å². The van der Waals surface area contributed by atoms with Gasteiger partial charge < -0.3 is 25.5 Å². The van der Waals surface area contributed by atoms with Gasteiger partial charge in [0.15, 0.2) is 5.96 Å². The first-order valence-electron chi connectivity index (χ1n) is 3.58. The van der Waals surface area contributed by atoms with Crippen LogP contribution in [0.3, 0.4) is 0 Å². The minimum Gasteiger partial charge on any atom is -0.480 e. The van der Waals surface area contributed by atoms with Crippen LogP contribution in [0.2, 0.25) is 0 Å². The fourth-order valence-electron chi connectivity index (χ4n) is 0.511. The molecule has 0 fully saturated rings. The third kappa shape index (κ3) is 6.41. The lowest BCUT2D eigenvalue weighted by atomic mass is 10.3. The van der Waals surface area contributed by atoms with E-state index < -0.39 is 31.9 Å². The zero-order valence-corrected chi connectivity index (χ0v) is 8.28. The highest BCUT2D eigenvalue weighted by atomic mass is 31.2. The average molecular weight is 225 g/mol. The van der Waals surface area contributed by atoms with Gasteiger partial charge in [-0.05, 0) is 6.92 Å². The van der Waals surface area contributed by atoms with Gasteiger partial charge in [0.05, 0.1) is 0 Å². The van der Waals surface area contributed by atoms with Crippen LogP contribution in [0, 0.1) is 5.41 Å². The van der Waals surface area contributed by atoms with Crippen LogP contribution in [-0.4, -0.2) is 39.1 Å². The van der Waals surface area contributed by atoms with Crippen LogP contribution >= 0.6 is 7.60 Å². The first kappa shape index (κ1) is 12.9. The van der Waals surface area contributed by atoms with Gasteiger partial charge in [0.1, 0.15) is 12.3 Å². The molecule has 0 rings (SSSR count). The minimum absolute atomic E-state index is 0.441. The molecule has 0 aromatic carbocycles. The van der Waals surface area contributed by atoms with Crippen LogP contribution in [0.15, 0.2) is 0 Å². The third-order valence-corrected chi connectivity index (χ3v) is 1.76. The summed E-state index contributed by atoms with van der Waals surface area (Å²) in [5.74, 6) is -1.60. The van der Waals surface area contributed by atoms with Crippen molar-refractivity contribution < 1.29 is 24.3 Å². The van der Waals surface area contributed by atoms with Gasteiger partial charge in [0, 0.05) is 0 Å². The molecule has 0 radical (unpaired) electrons. The Morgan fingerprint density at radius 1 is 1.57 bits per heavy atom. The Bertz CT molecular complexity index is 275. The van der Waals surface area contributed by atoms with Crippen molar-refractivity contribution in [1.29, 1.82) is 5.41 Å². The van der Waals surface area contributed by atoms with Gasteiger partial charge in [-0.3, -0.25) is 14.8 Å². The molecule has 8 nitrogen and oxygen atoms in total. The Morgan fingerprint density at radius 3 is 2.43 bits per heavy atom. The molecule has 0 aliphatic heterocycles. The summed E-state index contributed by atoms with van der Waals surface area (Å²) >= 11 is 0. The highest BCUT2D eigenvalue weighted by Gasteiger charge is 2.15. The summed E-state index contributed by atoms with van der Waals surface area (Å²) in [5, 5.41) is 19.7. The maximum absolute atomic E-state index is 10.3. The maximum atomic E-state index is 10.3. The van der Waals surface area contributed by atoms with Gasteiger partial charge in [0.25, 0.3) is 0 Å². The minimum atomic E-state index is -4.23. The number of rotatable bonds is 4. The number of nitrogens with one attached hydrogen (secondary N) is 3. The second-order valence-corrected chi connectivity index (χ2v) is 4.22. The Balaban J connectivity index is 3.89. The average Bonchev–Trinajstić information content (AvgIpc) is 1.99. The summed E-state index contributed by atoms with van der Waals surface area (Å²) in [6.07, 6.45) is -0.703. The molecule has 0 aliphatic rings. The van der Waals surface area contributed by atoms with Crippen molar-refractivity contribution in [3.05, 3.63) is 0 Å². The van der Waals surface area contributed by atoms with E-state index in [4.69, 9.17) is 20.3 Å². The summed E-state index contributed by atoms with van der Waals surface area (Å²) in [6.45, 7) is 1.30. The molecule has 0 spiro atoms. The summed E-state index contributed by atoms with van der Waals surface area (Å²) in [4.78, 5) is 27.1. The van der Waals surface area contributed by atoms with Crippen molar-refractivity contribution >= 4 is 19.5 Å². The third-order valence-electron chi connectivity index (χ3n) is 1.19. The first-order valence-corrected chi connectivity index (χ1v) is 5.38. The smallest absolute Gasteiger partial charge is 0.344 e. The topological polar surface area (TPSA) is 143 Å². The van der Waals surface area contributed by atoms with Gasteiger partial charge in [0.2, 0.25) is 0 Å². The molecule has 14 heavy (non-hydrogen) atoms. The number of hydrogen-bond donors (Lipinski definition) is 6. The van der Waals surface area contributed by atoms with Crippen molar-refractivity contribution in [3.8, 4) is 0 Å². The molecule has 1 unspecified atom stereocenters. The van der Waals surface area contributed by atoms with E-state index in [0.717, 1.165) is 0 Å². The number of carboxylic acid groups (broad SMARTS) is 1. The zero-order valence-electron chi connectivity index (χ0n) is 7.39. The normalized spacial score (nSPS) is 13.1. The van der Waals surface area contributed by atoms with Crippen LogP contribution in [0.1, 0.15) is 6.92 Å². The molecule has 82 valence electrons. The van der Waals surface area contributed by atoms with Crippen molar-refractivity contribution in [2.75, 3.05) is 6.29 Å². The molecular formula is C5H12N3O5P. The SMILES string of the molecule is CC(NC(=N)NCP(=O)(O)O)C(=O)O. The summed E-state index contributed by atoms with van der Waals surface area (Å²) in [7, 11) is -4.23. The molecular weight excluding hydrogens is 213 g/mol. The summed E-state index contributed by atoms with van der Waals surface area (Å²) < 4.78 is 10.3. The first-order chi connectivity index (χ1) is 6.22. The number of aliphatic carboxylic acids is 1. The zero-order chi connectivity index (χ0) is 11.4. The molecule has 1 atom stereocenters. The molecule has 0 saturated carbocycles. The second-order valence-electron chi connectivity index (χ2n) is 2.58. The predicted molar refractivity (Wildman–Crippen MR) is 48.0 cm³/mol. The molecule has 0 aromatic rings. The molecule has 0 saturated heterocycles. The Morgan fingerprint density at radius 2 is 2.07 bits per heavy atom. The predicted octanol–water partition coefficient (Wildman–Crippen LogP) is -1.29. The summed E-state index contributed by atoms with van der Waals surface area (Å²) in [6, 6.07) is -0.994. The van der Waals surface area contributed by atoms with Crippen molar-refractivity contribution in [1.82, 2.24) is 10.6 Å². The second kappa shape index (κ2) is 4.94. The number of carbonyl (C=O) groups is 1. The lowest BCUT2D eigenvalue weighted by molar-refractivity contribution is -0.138. The van der Waals surface area contributed by atoms with Crippen LogP contribution < -0.4 is 10.6 Å².